The number of sulfonamides is 1. The van der Waals surface area contributed by atoms with E-state index in [-0.39, 0.29) is 29.9 Å². The highest BCUT2D eigenvalue weighted by Crippen LogP contribution is 2.38. The van der Waals surface area contributed by atoms with Crippen molar-refractivity contribution in [2.75, 3.05) is 6.54 Å². The SMILES string of the molecule is CCC(O[Si](C)(C)C(C)(C)C)S(=O)(=O)NCCc1c(-c2ccc(F)cc2)[nH]c2c(F)cc(F)cc12. The van der Waals surface area contributed by atoms with Crippen molar-refractivity contribution in [3.05, 3.63) is 59.4 Å². The predicted octanol–water partition coefficient (Wildman–Crippen LogP) is 6.47. The Morgan fingerprint density at radius 1 is 1.06 bits per heavy atom. The van der Waals surface area contributed by atoms with E-state index in [9.17, 15) is 21.6 Å². The van der Waals surface area contributed by atoms with Gasteiger partial charge in [-0.1, -0.05) is 27.7 Å². The van der Waals surface area contributed by atoms with Crippen LogP contribution in [0.4, 0.5) is 13.2 Å². The summed E-state index contributed by atoms with van der Waals surface area (Å²) in [5, 5.41) is 0.156. The second kappa shape index (κ2) is 10.1. The van der Waals surface area contributed by atoms with Gasteiger partial charge in [0.1, 0.15) is 17.5 Å². The lowest BCUT2D eigenvalue weighted by atomic mass is 10.0. The van der Waals surface area contributed by atoms with Crippen molar-refractivity contribution >= 4 is 29.2 Å². The van der Waals surface area contributed by atoms with Crippen LogP contribution in [0, 0.1) is 17.5 Å². The monoisotopic (exact) mass is 526 g/mol. The van der Waals surface area contributed by atoms with E-state index in [0.29, 0.717) is 22.2 Å². The summed E-state index contributed by atoms with van der Waals surface area (Å²) in [5.74, 6) is -1.93. The minimum Gasteiger partial charge on any atom is -0.400 e. The van der Waals surface area contributed by atoms with Gasteiger partial charge in [-0.15, -0.1) is 0 Å². The summed E-state index contributed by atoms with van der Waals surface area (Å²) in [4.78, 5) is 2.96. The standard InChI is InChI=1S/C25H33F3N2O3SSi/c1-7-22(33-35(5,6)25(2,3)4)34(31,32)29-13-12-19-20-14-18(27)15-21(28)24(20)30-23(19)16-8-10-17(26)11-9-16/h8-11,14-15,22,29-30H,7,12-13H2,1-6H3. The molecule has 0 bridgehead atoms. The molecular weight excluding hydrogens is 493 g/mol. The zero-order chi connectivity index (χ0) is 26.2. The zero-order valence-corrected chi connectivity index (χ0v) is 22.7. The Bertz CT molecular complexity index is 1300. The van der Waals surface area contributed by atoms with Gasteiger partial charge in [-0.3, -0.25) is 0 Å². The minimum atomic E-state index is -3.82. The maximum absolute atomic E-state index is 14.5. The molecule has 0 saturated carbocycles. The molecule has 5 nitrogen and oxygen atoms in total. The van der Waals surface area contributed by atoms with Gasteiger partial charge in [-0.2, -0.15) is 0 Å². The first-order valence-corrected chi connectivity index (χ1v) is 16.0. The topological polar surface area (TPSA) is 71.2 Å². The lowest BCUT2D eigenvalue weighted by Gasteiger charge is -2.38. The van der Waals surface area contributed by atoms with Gasteiger partial charge >= 0.3 is 0 Å². The van der Waals surface area contributed by atoms with E-state index < -0.39 is 41.2 Å². The highest BCUT2D eigenvalue weighted by molar-refractivity contribution is 7.90. The molecule has 192 valence electrons. The number of fused-ring (bicyclic) bond motifs is 1. The molecule has 10 heteroatoms. The Hall–Kier alpha value is -2.14. The number of nitrogens with one attached hydrogen (secondary N) is 2. The van der Waals surface area contributed by atoms with E-state index in [0.717, 1.165) is 6.07 Å². The van der Waals surface area contributed by atoms with Crippen molar-refractivity contribution in [3.8, 4) is 11.3 Å². The van der Waals surface area contributed by atoms with E-state index in [1.54, 1.807) is 6.92 Å². The van der Waals surface area contributed by atoms with Crippen molar-refractivity contribution < 1.29 is 26.0 Å². The van der Waals surface area contributed by atoms with Crippen LogP contribution in [0.3, 0.4) is 0 Å². The third-order valence-corrected chi connectivity index (χ3v) is 13.0. The summed E-state index contributed by atoms with van der Waals surface area (Å²) in [5.41, 5.74) is 0.696. The molecule has 0 spiro atoms. The second-order valence-corrected chi connectivity index (χ2v) is 16.9. The van der Waals surface area contributed by atoms with Crippen LogP contribution >= 0.6 is 0 Å². The van der Waals surface area contributed by atoms with Crippen molar-refractivity contribution in [3.63, 3.8) is 0 Å². The highest BCUT2D eigenvalue weighted by atomic mass is 32.2. The van der Waals surface area contributed by atoms with Crippen LogP contribution in [0.1, 0.15) is 39.7 Å². The predicted molar refractivity (Wildman–Crippen MR) is 137 cm³/mol. The Labute approximate surface area is 206 Å². The Morgan fingerprint density at radius 2 is 1.69 bits per heavy atom. The van der Waals surface area contributed by atoms with Crippen molar-refractivity contribution in [1.29, 1.82) is 0 Å². The number of aromatic amines is 1. The number of aromatic nitrogens is 1. The van der Waals surface area contributed by atoms with Crippen molar-refractivity contribution in [2.24, 2.45) is 0 Å². The first kappa shape index (κ1) is 27.4. The summed E-state index contributed by atoms with van der Waals surface area (Å²) in [6, 6.07) is 7.60. The molecule has 3 rings (SSSR count). The van der Waals surface area contributed by atoms with Gasteiger partial charge in [0.15, 0.2) is 13.8 Å². The highest BCUT2D eigenvalue weighted by Gasteiger charge is 2.41. The molecule has 1 aromatic heterocycles. The van der Waals surface area contributed by atoms with Crippen LogP contribution in [0.2, 0.25) is 18.1 Å². The summed E-state index contributed by atoms with van der Waals surface area (Å²) in [6.07, 6.45) is 0.442. The average Bonchev–Trinajstić information content (AvgIpc) is 3.10. The van der Waals surface area contributed by atoms with Crippen LogP contribution in [0.5, 0.6) is 0 Å². The summed E-state index contributed by atoms with van der Waals surface area (Å²) in [6.45, 7) is 11.9. The van der Waals surface area contributed by atoms with E-state index in [2.05, 4.69) is 9.71 Å². The summed E-state index contributed by atoms with van der Waals surface area (Å²) in [7, 11) is -6.15. The van der Waals surface area contributed by atoms with Gasteiger partial charge in [0.25, 0.3) is 0 Å². The van der Waals surface area contributed by atoms with Crippen LogP contribution in [-0.2, 0) is 20.9 Å². The molecule has 2 N–H and O–H groups in total. The molecule has 0 saturated heterocycles. The molecule has 1 heterocycles. The normalized spacial score (nSPS) is 14.0. The smallest absolute Gasteiger partial charge is 0.237 e. The van der Waals surface area contributed by atoms with Gasteiger partial charge < -0.3 is 9.41 Å². The third-order valence-electron chi connectivity index (χ3n) is 6.65. The second-order valence-electron chi connectivity index (χ2n) is 10.2. The lowest BCUT2D eigenvalue weighted by molar-refractivity contribution is 0.242. The first-order valence-electron chi connectivity index (χ1n) is 11.6. The molecule has 1 unspecified atom stereocenters. The van der Waals surface area contributed by atoms with Gasteiger partial charge in [0, 0.05) is 23.7 Å². The number of halogens is 3. The molecular formula is C25H33F3N2O3SSi. The Morgan fingerprint density at radius 3 is 2.26 bits per heavy atom. The maximum atomic E-state index is 14.5. The summed E-state index contributed by atoms with van der Waals surface area (Å²) < 4.78 is 76.9. The maximum Gasteiger partial charge on any atom is 0.237 e. The van der Waals surface area contributed by atoms with E-state index in [1.165, 1.54) is 30.3 Å². The number of benzene rings is 2. The molecule has 2 aromatic carbocycles. The van der Waals surface area contributed by atoms with Crippen LogP contribution in [-0.4, -0.2) is 33.7 Å². The van der Waals surface area contributed by atoms with Gasteiger partial charge in [-0.05, 0) is 72.4 Å². The fraction of sp³-hybridized carbons (Fsp3) is 0.440. The van der Waals surface area contributed by atoms with Crippen LogP contribution in [0.15, 0.2) is 36.4 Å². The lowest BCUT2D eigenvalue weighted by Crippen LogP contribution is -2.48. The molecule has 35 heavy (non-hydrogen) atoms. The fourth-order valence-corrected chi connectivity index (χ4v) is 7.10. The average molecular weight is 527 g/mol. The van der Waals surface area contributed by atoms with E-state index in [4.69, 9.17) is 4.43 Å². The van der Waals surface area contributed by atoms with E-state index in [1.807, 2.05) is 33.9 Å². The number of H-pyrrole nitrogens is 1. The molecule has 0 aliphatic heterocycles. The fourth-order valence-electron chi connectivity index (χ4n) is 3.68. The van der Waals surface area contributed by atoms with Gasteiger partial charge in [0.05, 0.1) is 5.52 Å². The van der Waals surface area contributed by atoms with Crippen LogP contribution < -0.4 is 4.72 Å². The third kappa shape index (κ3) is 5.99. The quantitative estimate of drug-likeness (QED) is 0.314. The largest absolute Gasteiger partial charge is 0.400 e. The number of hydrogen-bond acceptors (Lipinski definition) is 3. The van der Waals surface area contributed by atoms with Crippen molar-refractivity contribution in [1.82, 2.24) is 9.71 Å². The van der Waals surface area contributed by atoms with Crippen molar-refractivity contribution in [2.45, 2.75) is 64.1 Å². The number of rotatable bonds is 9. The van der Waals surface area contributed by atoms with Gasteiger partial charge in [-0.25, -0.2) is 26.3 Å². The number of hydrogen-bond donors (Lipinski definition) is 2. The van der Waals surface area contributed by atoms with Crippen LogP contribution in [0.25, 0.3) is 22.2 Å². The zero-order valence-electron chi connectivity index (χ0n) is 20.9. The first-order chi connectivity index (χ1) is 16.2. The molecule has 1 atom stereocenters. The Balaban J connectivity index is 1.89. The Kier molecular flexibility index (Phi) is 7.90. The molecule has 0 fully saturated rings. The molecule has 3 aromatic rings. The molecule has 0 aliphatic carbocycles. The minimum absolute atomic E-state index is 0.00102. The van der Waals surface area contributed by atoms with Gasteiger partial charge in [0.2, 0.25) is 10.0 Å². The summed E-state index contributed by atoms with van der Waals surface area (Å²) >= 11 is 0. The molecule has 0 amide bonds. The molecule has 0 aliphatic rings. The molecule has 0 radical (unpaired) electrons. The van der Waals surface area contributed by atoms with E-state index >= 15 is 0 Å².